The molecule has 0 atom stereocenters. The van der Waals surface area contributed by atoms with Crippen molar-refractivity contribution in [2.75, 3.05) is 13.1 Å². The highest BCUT2D eigenvalue weighted by atomic mass is 16.5. The second-order valence-corrected chi connectivity index (χ2v) is 2.37. The molecule has 0 fully saturated rings. The van der Waals surface area contributed by atoms with Gasteiger partial charge in [-0.25, -0.2) is 0 Å². The molecule has 66 valence electrons. The number of carbonyl (C=O) groups excluding carboxylic acids is 1. The fourth-order valence-corrected chi connectivity index (χ4v) is 0.750. The highest BCUT2D eigenvalue weighted by Gasteiger charge is 2.08. The molecule has 0 spiro atoms. The number of aromatic nitrogens is 1. The van der Waals surface area contributed by atoms with Gasteiger partial charge in [0, 0.05) is 19.2 Å². The Morgan fingerprint density at radius 2 is 2.58 bits per heavy atom. The van der Waals surface area contributed by atoms with Crippen molar-refractivity contribution >= 4 is 5.91 Å². The van der Waals surface area contributed by atoms with Crippen molar-refractivity contribution in [3.63, 3.8) is 0 Å². The van der Waals surface area contributed by atoms with E-state index in [0.717, 1.165) is 0 Å². The Kier molecular flexibility index (Phi) is 2.82. The number of carbonyl (C=O) groups is 1. The molecule has 0 aliphatic rings. The van der Waals surface area contributed by atoms with Gasteiger partial charge in [-0.1, -0.05) is 5.16 Å². The molecule has 0 aliphatic heterocycles. The summed E-state index contributed by atoms with van der Waals surface area (Å²) < 4.78 is 4.72. The van der Waals surface area contributed by atoms with Crippen molar-refractivity contribution in [2.24, 2.45) is 5.73 Å². The lowest BCUT2D eigenvalue weighted by molar-refractivity contribution is 0.0945. The number of nitrogens with one attached hydrogen (secondary N) is 1. The molecule has 0 aromatic carbocycles. The molecule has 1 rings (SSSR count). The van der Waals surface area contributed by atoms with Crippen LogP contribution in [0.1, 0.15) is 16.2 Å². The first-order valence-corrected chi connectivity index (χ1v) is 3.65. The van der Waals surface area contributed by atoms with Crippen molar-refractivity contribution in [2.45, 2.75) is 6.92 Å². The van der Waals surface area contributed by atoms with Crippen LogP contribution in [0, 0.1) is 6.92 Å². The summed E-state index contributed by atoms with van der Waals surface area (Å²) in [4.78, 5) is 11.1. The summed E-state index contributed by atoms with van der Waals surface area (Å²) >= 11 is 0. The highest BCUT2D eigenvalue weighted by molar-refractivity contribution is 5.92. The number of amides is 1. The molecule has 5 heteroatoms. The van der Waals surface area contributed by atoms with Crippen molar-refractivity contribution < 1.29 is 9.32 Å². The average molecular weight is 169 g/mol. The van der Waals surface area contributed by atoms with E-state index < -0.39 is 0 Å². The Bertz CT molecular complexity index is 269. The predicted molar refractivity (Wildman–Crippen MR) is 42.6 cm³/mol. The van der Waals surface area contributed by atoms with Gasteiger partial charge in [0.05, 0.1) is 0 Å². The van der Waals surface area contributed by atoms with Gasteiger partial charge in [-0.3, -0.25) is 4.79 Å². The van der Waals surface area contributed by atoms with E-state index in [9.17, 15) is 4.79 Å². The van der Waals surface area contributed by atoms with E-state index in [4.69, 9.17) is 10.3 Å². The molecule has 0 saturated heterocycles. The Hall–Kier alpha value is -1.36. The van der Waals surface area contributed by atoms with Crippen LogP contribution in [-0.4, -0.2) is 24.2 Å². The zero-order chi connectivity index (χ0) is 8.97. The molecule has 5 nitrogen and oxygen atoms in total. The average Bonchev–Trinajstić information content (AvgIpc) is 2.47. The van der Waals surface area contributed by atoms with Crippen LogP contribution < -0.4 is 11.1 Å². The third-order valence-corrected chi connectivity index (χ3v) is 1.29. The number of hydrogen-bond acceptors (Lipinski definition) is 4. The van der Waals surface area contributed by atoms with Gasteiger partial charge in [0.15, 0.2) is 5.69 Å². The van der Waals surface area contributed by atoms with Gasteiger partial charge in [0.25, 0.3) is 5.91 Å². The van der Waals surface area contributed by atoms with E-state index in [1.54, 1.807) is 13.0 Å². The predicted octanol–water partition coefficient (Wildman–Crippen LogP) is -0.328. The lowest BCUT2D eigenvalue weighted by Gasteiger charge is -1.97. The van der Waals surface area contributed by atoms with Crippen molar-refractivity contribution in [1.82, 2.24) is 10.5 Å². The molecule has 0 radical (unpaired) electrons. The summed E-state index contributed by atoms with van der Waals surface area (Å²) in [6, 6.07) is 1.58. The van der Waals surface area contributed by atoms with Crippen LogP contribution >= 0.6 is 0 Å². The van der Waals surface area contributed by atoms with E-state index in [1.807, 2.05) is 0 Å². The molecule has 0 saturated carbocycles. The Morgan fingerprint density at radius 1 is 1.83 bits per heavy atom. The van der Waals surface area contributed by atoms with Crippen LogP contribution in [0.2, 0.25) is 0 Å². The molecule has 0 unspecified atom stereocenters. The number of aryl methyl sites for hydroxylation is 1. The van der Waals surface area contributed by atoms with Gasteiger partial charge >= 0.3 is 0 Å². The molecule has 12 heavy (non-hydrogen) atoms. The maximum Gasteiger partial charge on any atom is 0.273 e. The molecular weight excluding hydrogens is 158 g/mol. The molecule has 0 aliphatic carbocycles. The van der Waals surface area contributed by atoms with Crippen LogP contribution in [0.15, 0.2) is 10.6 Å². The summed E-state index contributed by atoms with van der Waals surface area (Å²) in [5, 5.41) is 6.12. The standard InChI is InChI=1S/C7H11N3O2/c1-5-4-6(10-12-5)7(11)9-3-2-8/h4H,2-3,8H2,1H3,(H,9,11). The molecular formula is C7H11N3O2. The van der Waals surface area contributed by atoms with Crippen LogP contribution in [0.5, 0.6) is 0 Å². The van der Waals surface area contributed by atoms with E-state index >= 15 is 0 Å². The van der Waals surface area contributed by atoms with E-state index in [0.29, 0.717) is 24.5 Å². The zero-order valence-electron chi connectivity index (χ0n) is 6.83. The van der Waals surface area contributed by atoms with E-state index in [1.165, 1.54) is 0 Å². The monoisotopic (exact) mass is 169 g/mol. The summed E-state index contributed by atoms with van der Waals surface area (Å²) in [7, 11) is 0. The third-order valence-electron chi connectivity index (χ3n) is 1.29. The van der Waals surface area contributed by atoms with Crippen LogP contribution in [0.25, 0.3) is 0 Å². The molecule has 1 aromatic rings. The quantitative estimate of drug-likeness (QED) is 0.649. The van der Waals surface area contributed by atoms with Gasteiger partial charge in [-0.15, -0.1) is 0 Å². The fraction of sp³-hybridized carbons (Fsp3) is 0.429. The molecule has 1 aromatic heterocycles. The minimum Gasteiger partial charge on any atom is -0.361 e. The Labute approximate surface area is 69.9 Å². The van der Waals surface area contributed by atoms with Gasteiger partial charge in [-0.2, -0.15) is 0 Å². The first-order valence-electron chi connectivity index (χ1n) is 3.65. The van der Waals surface area contributed by atoms with Gasteiger partial charge in [0.2, 0.25) is 0 Å². The Balaban J connectivity index is 2.53. The zero-order valence-corrected chi connectivity index (χ0v) is 6.83. The first-order chi connectivity index (χ1) is 5.74. The van der Waals surface area contributed by atoms with Crippen LogP contribution in [0.3, 0.4) is 0 Å². The van der Waals surface area contributed by atoms with Crippen molar-refractivity contribution in [3.8, 4) is 0 Å². The second-order valence-electron chi connectivity index (χ2n) is 2.37. The smallest absolute Gasteiger partial charge is 0.273 e. The molecule has 3 N–H and O–H groups in total. The SMILES string of the molecule is Cc1cc(C(=O)NCCN)no1. The lowest BCUT2D eigenvalue weighted by Crippen LogP contribution is -2.29. The third kappa shape index (κ3) is 2.06. The van der Waals surface area contributed by atoms with Crippen LogP contribution in [0.4, 0.5) is 0 Å². The van der Waals surface area contributed by atoms with E-state index in [-0.39, 0.29) is 5.91 Å². The maximum absolute atomic E-state index is 11.1. The second kappa shape index (κ2) is 3.87. The topological polar surface area (TPSA) is 81.2 Å². The largest absolute Gasteiger partial charge is 0.361 e. The van der Waals surface area contributed by atoms with E-state index in [2.05, 4.69) is 10.5 Å². The van der Waals surface area contributed by atoms with Crippen molar-refractivity contribution in [3.05, 3.63) is 17.5 Å². The van der Waals surface area contributed by atoms with Gasteiger partial charge in [-0.05, 0) is 6.92 Å². The lowest BCUT2D eigenvalue weighted by atomic mass is 10.3. The summed E-state index contributed by atoms with van der Waals surface area (Å²) in [6.07, 6.45) is 0. The van der Waals surface area contributed by atoms with Crippen molar-refractivity contribution in [1.29, 1.82) is 0 Å². The fourth-order valence-electron chi connectivity index (χ4n) is 0.750. The summed E-state index contributed by atoms with van der Waals surface area (Å²) in [5.41, 5.74) is 5.49. The van der Waals surface area contributed by atoms with Gasteiger partial charge < -0.3 is 15.6 Å². The number of hydrogen-bond donors (Lipinski definition) is 2. The molecule has 0 bridgehead atoms. The molecule has 1 amide bonds. The normalized spacial score (nSPS) is 9.83. The minimum absolute atomic E-state index is 0.252. The minimum atomic E-state index is -0.252. The summed E-state index contributed by atoms with van der Waals surface area (Å²) in [5.74, 6) is 0.366. The first kappa shape index (κ1) is 8.73. The maximum atomic E-state index is 11.1. The molecule has 1 heterocycles. The highest BCUT2D eigenvalue weighted by Crippen LogP contribution is 2.00. The number of nitrogens with two attached hydrogens (primary N) is 1. The number of nitrogens with zero attached hydrogens (tertiary/aromatic N) is 1. The van der Waals surface area contributed by atoms with Crippen LogP contribution in [-0.2, 0) is 0 Å². The summed E-state index contributed by atoms with van der Waals surface area (Å²) in [6.45, 7) is 2.60. The van der Waals surface area contributed by atoms with Gasteiger partial charge in [0.1, 0.15) is 5.76 Å². The Morgan fingerprint density at radius 3 is 3.08 bits per heavy atom. The number of rotatable bonds is 3.